The first-order valence-corrected chi connectivity index (χ1v) is 6.63. The summed E-state index contributed by atoms with van der Waals surface area (Å²) < 4.78 is 5.18. The Morgan fingerprint density at radius 2 is 2.05 bits per heavy atom. The van der Waals surface area contributed by atoms with Gasteiger partial charge in [0, 0.05) is 22.4 Å². The van der Waals surface area contributed by atoms with E-state index in [1.165, 1.54) is 0 Å². The van der Waals surface area contributed by atoms with Crippen LogP contribution in [0.15, 0.2) is 47.5 Å². The quantitative estimate of drug-likeness (QED) is 0.850. The predicted octanol–water partition coefficient (Wildman–Crippen LogP) is 3.08. The fraction of sp³-hybridized carbons (Fsp3) is 0.143. The molecule has 0 atom stereocenters. The van der Waals surface area contributed by atoms with Gasteiger partial charge in [0.1, 0.15) is 0 Å². The van der Waals surface area contributed by atoms with Crippen molar-refractivity contribution in [3.05, 3.63) is 53.7 Å². The van der Waals surface area contributed by atoms with Gasteiger partial charge in [0.25, 0.3) is 0 Å². The van der Waals surface area contributed by atoms with E-state index >= 15 is 0 Å². The maximum atomic E-state index is 10.7. The molecule has 1 N–H and O–H groups in total. The minimum Gasteiger partial charge on any atom is -0.481 e. The molecule has 5 heteroatoms. The lowest BCUT2D eigenvalue weighted by molar-refractivity contribution is 0.0697. The smallest absolute Gasteiger partial charge is 0.335 e. The summed E-state index contributed by atoms with van der Waals surface area (Å²) in [6, 6.07) is 10.6. The molecule has 0 saturated carbocycles. The highest BCUT2D eigenvalue weighted by Crippen LogP contribution is 2.26. The zero-order valence-corrected chi connectivity index (χ0v) is 11.2. The molecule has 0 aliphatic rings. The van der Waals surface area contributed by atoms with Crippen LogP contribution in [0.4, 0.5) is 0 Å². The Hall–Kier alpha value is -2.01. The van der Waals surface area contributed by atoms with Gasteiger partial charge in [0.2, 0.25) is 5.88 Å². The topological polar surface area (TPSA) is 59.4 Å². The first-order valence-electron chi connectivity index (χ1n) is 5.64. The number of hydrogen-bond acceptors (Lipinski definition) is 4. The molecule has 0 fully saturated rings. The minimum absolute atomic E-state index is 0.295. The monoisotopic (exact) mass is 275 g/mol. The molecule has 4 nitrogen and oxygen atoms in total. The molecule has 2 rings (SSSR count). The molecular weight excluding hydrogens is 262 g/mol. The van der Waals surface area contributed by atoms with Gasteiger partial charge in [-0.25, -0.2) is 9.78 Å². The standard InChI is InChI=1S/C14H13NO3S/c1-18-13-11(3-2-8-15-13)9-19-12-6-4-10(5-7-12)14(16)17/h2-8H,9H2,1H3,(H,16,17). The molecule has 1 aromatic carbocycles. The Labute approximate surface area is 115 Å². The van der Waals surface area contributed by atoms with Gasteiger partial charge in [-0.15, -0.1) is 11.8 Å². The normalized spacial score (nSPS) is 10.2. The first-order chi connectivity index (χ1) is 9.20. The summed E-state index contributed by atoms with van der Waals surface area (Å²) in [6.07, 6.45) is 1.69. The van der Waals surface area contributed by atoms with Crippen LogP contribution >= 0.6 is 11.8 Å². The van der Waals surface area contributed by atoms with Gasteiger partial charge in [-0.2, -0.15) is 0 Å². The summed E-state index contributed by atoms with van der Waals surface area (Å²) in [4.78, 5) is 15.9. The van der Waals surface area contributed by atoms with Crippen LogP contribution in [-0.2, 0) is 5.75 Å². The Morgan fingerprint density at radius 3 is 2.68 bits per heavy atom. The lowest BCUT2D eigenvalue weighted by atomic mass is 10.2. The number of rotatable bonds is 5. The Bertz CT molecular complexity index is 569. The van der Waals surface area contributed by atoms with Gasteiger partial charge in [-0.1, -0.05) is 6.07 Å². The Balaban J connectivity index is 2.04. The molecule has 1 heterocycles. The third-order valence-electron chi connectivity index (χ3n) is 2.54. The molecule has 0 bridgehead atoms. The molecular formula is C14H13NO3S. The van der Waals surface area contributed by atoms with E-state index in [9.17, 15) is 4.79 Å². The number of carboxylic acids is 1. The average Bonchev–Trinajstić information content (AvgIpc) is 2.45. The fourth-order valence-electron chi connectivity index (χ4n) is 1.57. The lowest BCUT2D eigenvalue weighted by Crippen LogP contribution is -1.95. The van der Waals surface area contributed by atoms with Crippen LogP contribution in [0.3, 0.4) is 0 Å². The van der Waals surface area contributed by atoms with Crippen LogP contribution in [-0.4, -0.2) is 23.2 Å². The second-order valence-electron chi connectivity index (χ2n) is 3.79. The number of carboxylic acid groups (broad SMARTS) is 1. The Morgan fingerprint density at radius 1 is 1.32 bits per heavy atom. The van der Waals surface area contributed by atoms with Crippen molar-refractivity contribution in [2.45, 2.75) is 10.6 Å². The van der Waals surface area contributed by atoms with Crippen molar-refractivity contribution in [2.24, 2.45) is 0 Å². The molecule has 0 amide bonds. The number of nitrogens with zero attached hydrogens (tertiary/aromatic N) is 1. The number of ether oxygens (including phenoxy) is 1. The number of carbonyl (C=O) groups is 1. The van der Waals surface area contributed by atoms with Crippen LogP contribution in [0.2, 0.25) is 0 Å². The highest BCUT2D eigenvalue weighted by Gasteiger charge is 2.05. The second-order valence-corrected chi connectivity index (χ2v) is 4.84. The molecule has 0 aliphatic heterocycles. The van der Waals surface area contributed by atoms with Gasteiger partial charge in [0.15, 0.2) is 0 Å². The summed E-state index contributed by atoms with van der Waals surface area (Å²) >= 11 is 1.61. The van der Waals surface area contributed by atoms with E-state index in [2.05, 4.69) is 4.98 Å². The van der Waals surface area contributed by atoms with Gasteiger partial charge in [-0.3, -0.25) is 0 Å². The third kappa shape index (κ3) is 3.48. The number of hydrogen-bond donors (Lipinski definition) is 1. The van der Waals surface area contributed by atoms with Crippen LogP contribution in [0.25, 0.3) is 0 Å². The van der Waals surface area contributed by atoms with Crippen molar-refractivity contribution in [2.75, 3.05) is 7.11 Å². The van der Waals surface area contributed by atoms with Crippen LogP contribution in [0.1, 0.15) is 15.9 Å². The van der Waals surface area contributed by atoms with Crippen molar-refractivity contribution in [1.29, 1.82) is 0 Å². The summed E-state index contributed by atoms with van der Waals surface area (Å²) in [5, 5.41) is 8.82. The molecule has 0 spiro atoms. The molecule has 0 radical (unpaired) electrons. The molecule has 2 aromatic rings. The van der Waals surface area contributed by atoms with Crippen LogP contribution < -0.4 is 4.74 Å². The number of thioether (sulfide) groups is 1. The number of pyridine rings is 1. The van der Waals surface area contributed by atoms with E-state index in [0.717, 1.165) is 16.2 Å². The minimum atomic E-state index is -0.912. The average molecular weight is 275 g/mol. The lowest BCUT2D eigenvalue weighted by Gasteiger charge is -2.06. The van der Waals surface area contributed by atoms with E-state index in [1.54, 1.807) is 49.3 Å². The molecule has 98 valence electrons. The summed E-state index contributed by atoms with van der Waals surface area (Å²) in [6.45, 7) is 0. The van der Waals surface area contributed by atoms with Crippen molar-refractivity contribution in [1.82, 2.24) is 4.98 Å². The SMILES string of the molecule is COc1ncccc1CSc1ccc(C(=O)O)cc1. The van der Waals surface area contributed by atoms with E-state index in [4.69, 9.17) is 9.84 Å². The summed E-state index contributed by atoms with van der Waals surface area (Å²) in [5.41, 5.74) is 1.31. The van der Waals surface area contributed by atoms with E-state index in [-0.39, 0.29) is 0 Å². The fourth-order valence-corrected chi connectivity index (χ4v) is 2.44. The van der Waals surface area contributed by atoms with Crippen LogP contribution in [0.5, 0.6) is 5.88 Å². The molecule has 19 heavy (non-hydrogen) atoms. The molecule has 0 unspecified atom stereocenters. The number of benzene rings is 1. The van der Waals surface area contributed by atoms with Crippen LogP contribution in [0, 0.1) is 0 Å². The third-order valence-corrected chi connectivity index (χ3v) is 3.60. The van der Waals surface area contributed by atoms with Crippen molar-refractivity contribution < 1.29 is 14.6 Å². The Kier molecular flexibility index (Phi) is 4.41. The zero-order valence-electron chi connectivity index (χ0n) is 10.4. The maximum absolute atomic E-state index is 10.7. The van der Waals surface area contributed by atoms with E-state index in [0.29, 0.717) is 11.4 Å². The molecule has 0 aliphatic carbocycles. The highest BCUT2D eigenvalue weighted by molar-refractivity contribution is 7.98. The van der Waals surface area contributed by atoms with E-state index < -0.39 is 5.97 Å². The first kappa shape index (κ1) is 13.4. The zero-order chi connectivity index (χ0) is 13.7. The van der Waals surface area contributed by atoms with Crippen molar-refractivity contribution >= 4 is 17.7 Å². The van der Waals surface area contributed by atoms with Gasteiger partial charge in [0.05, 0.1) is 12.7 Å². The van der Waals surface area contributed by atoms with Crippen molar-refractivity contribution in [3.8, 4) is 5.88 Å². The summed E-state index contributed by atoms with van der Waals surface area (Å²) in [5.74, 6) is 0.436. The molecule has 0 saturated heterocycles. The number of aromatic carboxylic acids is 1. The largest absolute Gasteiger partial charge is 0.481 e. The second kappa shape index (κ2) is 6.24. The summed E-state index contributed by atoms with van der Waals surface area (Å²) in [7, 11) is 1.60. The maximum Gasteiger partial charge on any atom is 0.335 e. The van der Waals surface area contributed by atoms with Gasteiger partial charge in [-0.05, 0) is 30.3 Å². The van der Waals surface area contributed by atoms with Gasteiger partial charge < -0.3 is 9.84 Å². The number of methoxy groups -OCH3 is 1. The van der Waals surface area contributed by atoms with Crippen molar-refractivity contribution in [3.63, 3.8) is 0 Å². The van der Waals surface area contributed by atoms with E-state index in [1.807, 2.05) is 12.1 Å². The van der Waals surface area contributed by atoms with Gasteiger partial charge >= 0.3 is 5.97 Å². The number of aromatic nitrogens is 1. The predicted molar refractivity (Wildman–Crippen MR) is 73.8 cm³/mol. The molecule has 1 aromatic heterocycles. The highest BCUT2D eigenvalue weighted by atomic mass is 32.2.